The fraction of sp³-hybridized carbons (Fsp3) is 0.364. The van der Waals surface area contributed by atoms with E-state index >= 15 is 0 Å². The average Bonchev–Trinajstić information content (AvgIpc) is 2.15. The summed E-state index contributed by atoms with van der Waals surface area (Å²) >= 11 is 0. The zero-order chi connectivity index (χ0) is 11.5. The van der Waals surface area contributed by atoms with Crippen LogP contribution < -0.4 is 15.8 Å². The normalized spacial score (nSPS) is 10.9. The van der Waals surface area contributed by atoms with Crippen LogP contribution >= 0.6 is 0 Å². The fourth-order valence-electron chi connectivity index (χ4n) is 1.22. The molecule has 0 unspecified atom stereocenters. The molecule has 1 rings (SSSR count). The standard InChI is InChI=1S/C11H16N2O2/c1-11(2,10(14)13-3)15-9-6-4-5-8(12)7-9/h4-7H,12H2,1-3H3,(H,13,14). The molecule has 0 aliphatic carbocycles. The third-order valence-electron chi connectivity index (χ3n) is 2.00. The van der Waals surface area contributed by atoms with Crippen molar-refractivity contribution in [2.24, 2.45) is 0 Å². The molecule has 1 aromatic carbocycles. The number of ether oxygens (including phenoxy) is 1. The summed E-state index contributed by atoms with van der Waals surface area (Å²) in [7, 11) is 1.58. The highest BCUT2D eigenvalue weighted by atomic mass is 16.5. The van der Waals surface area contributed by atoms with Crippen molar-refractivity contribution < 1.29 is 9.53 Å². The van der Waals surface area contributed by atoms with Crippen LogP contribution in [0, 0.1) is 0 Å². The number of hydrogen-bond donors (Lipinski definition) is 2. The molecule has 0 fully saturated rings. The van der Waals surface area contributed by atoms with Crippen molar-refractivity contribution in [2.45, 2.75) is 19.4 Å². The number of anilines is 1. The molecule has 82 valence electrons. The highest BCUT2D eigenvalue weighted by molar-refractivity contribution is 5.84. The van der Waals surface area contributed by atoms with Crippen molar-refractivity contribution in [3.05, 3.63) is 24.3 Å². The lowest BCUT2D eigenvalue weighted by Gasteiger charge is -2.24. The second-order valence-electron chi connectivity index (χ2n) is 3.76. The molecular formula is C11H16N2O2. The molecular weight excluding hydrogens is 192 g/mol. The van der Waals surface area contributed by atoms with Crippen LogP contribution in [-0.4, -0.2) is 18.6 Å². The van der Waals surface area contributed by atoms with E-state index in [1.165, 1.54) is 0 Å². The highest BCUT2D eigenvalue weighted by Crippen LogP contribution is 2.20. The van der Waals surface area contributed by atoms with Crippen LogP contribution in [0.5, 0.6) is 5.75 Å². The second-order valence-corrected chi connectivity index (χ2v) is 3.76. The van der Waals surface area contributed by atoms with Crippen molar-refractivity contribution in [2.75, 3.05) is 12.8 Å². The second kappa shape index (κ2) is 4.21. The van der Waals surface area contributed by atoms with Gasteiger partial charge in [-0.3, -0.25) is 4.79 Å². The van der Waals surface area contributed by atoms with Crippen molar-refractivity contribution in [1.82, 2.24) is 5.32 Å². The van der Waals surface area contributed by atoms with E-state index in [2.05, 4.69) is 5.32 Å². The molecule has 0 bridgehead atoms. The van der Waals surface area contributed by atoms with Gasteiger partial charge in [0, 0.05) is 18.8 Å². The molecule has 1 aromatic rings. The number of amides is 1. The Bertz CT molecular complexity index is 361. The Labute approximate surface area is 89.4 Å². The summed E-state index contributed by atoms with van der Waals surface area (Å²) in [4.78, 5) is 11.5. The average molecular weight is 208 g/mol. The maximum atomic E-state index is 11.5. The number of carbonyl (C=O) groups is 1. The van der Waals surface area contributed by atoms with E-state index in [9.17, 15) is 4.79 Å². The maximum Gasteiger partial charge on any atom is 0.263 e. The van der Waals surface area contributed by atoms with Crippen LogP contribution in [0.3, 0.4) is 0 Å². The predicted octanol–water partition coefficient (Wildman–Crippen LogP) is 1.17. The van der Waals surface area contributed by atoms with E-state index in [1.54, 1.807) is 45.2 Å². The first-order chi connectivity index (χ1) is 6.95. The Balaban J connectivity index is 2.81. The molecule has 0 aliphatic heterocycles. The Morgan fingerprint density at radius 1 is 1.47 bits per heavy atom. The Morgan fingerprint density at radius 2 is 2.13 bits per heavy atom. The maximum absolute atomic E-state index is 11.5. The largest absolute Gasteiger partial charge is 0.478 e. The summed E-state index contributed by atoms with van der Waals surface area (Å²) in [6, 6.07) is 7.00. The van der Waals surface area contributed by atoms with Gasteiger partial charge in [-0.25, -0.2) is 0 Å². The fourth-order valence-corrected chi connectivity index (χ4v) is 1.22. The number of nitrogens with two attached hydrogens (primary N) is 1. The molecule has 0 atom stereocenters. The van der Waals surface area contributed by atoms with Crippen molar-refractivity contribution in [3.8, 4) is 5.75 Å². The highest BCUT2D eigenvalue weighted by Gasteiger charge is 2.28. The van der Waals surface area contributed by atoms with Gasteiger partial charge in [0.15, 0.2) is 5.60 Å². The first kappa shape index (κ1) is 11.4. The lowest BCUT2D eigenvalue weighted by Crippen LogP contribution is -2.45. The lowest BCUT2D eigenvalue weighted by molar-refractivity contribution is -0.133. The molecule has 4 heteroatoms. The van der Waals surface area contributed by atoms with Crippen molar-refractivity contribution >= 4 is 11.6 Å². The molecule has 0 spiro atoms. The minimum Gasteiger partial charge on any atom is -0.478 e. The smallest absolute Gasteiger partial charge is 0.263 e. The third-order valence-corrected chi connectivity index (χ3v) is 2.00. The van der Waals surface area contributed by atoms with Crippen molar-refractivity contribution in [1.29, 1.82) is 0 Å². The van der Waals surface area contributed by atoms with Gasteiger partial charge in [0.2, 0.25) is 0 Å². The number of benzene rings is 1. The molecule has 0 saturated carbocycles. The molecule has 3 N–H and O–H groups in total. The molecule has 0 heterocycles. The van der Waals surface area contributed by atoms with Gasteiger partial charge in [0.1, 0.15) is 5.75 Å². The quantitative estimate of drug-likeness (QED) is 0.733. The van der Waals surface area contributed by atoms with Crippen LogP contribution in [0.4, 0.5) is 5.69 Å². The van der Waals surface area contributed by atoms with Crippen LogP contribution in [-0.2, 0) is 4.79 Å². The first-order valence-electron chi connectivity index (χ1n) is 4.72. The molecule has 0 saturated heterocycles. The Morgan fingerprint density at radius 3 is 2.67 bits per heavy atom. The van der Waals surface area contributed by atoms with Gasteiger partial charge in [-0.2, -0.15) is 0 Å². The van der Waals surface area contributed by atoms with Gasteiger partial charge in [0.25, 0.3) is 5.91 Å². The Hall–Kier alpha value is -1.71. The van der Waals surface area contributed by atoms with Gasteiger partial charge in [-0.15, -0.1) is 0 Å². The zero-order valence-electron chi connectivity index (χ0n) is 9.20. The number of carbonyl (C=O) groups excluding carboxylic acids is 1. The first-order valence-corrected chi connectivity index (χ1v) is 4.72. The topological polar surface area (TPSA) is 64.3 Å². The lowest BCUT2D eigenvalue weighted by atomic mass is 10.1. The molecule has 0 aromatic heterocycles. The van der Waals surface area contributed by atoms with E-state index in [4.69, 9.17) is 10.5 Å². The van der Waals surface area contributed by atoms with E-state index in [0.717, 1.165) is 0 Å². The summed E-state index contributed by atoms with van der Waals surface area (Å²) in [6.45, 7) is 3.41. The number of nitrogen functional groups attached to an aromatic ring is 1. The molecule has 0 aliphatic rings. The summed E-state index contributed by atoms with van der Waals surface area (Å²) in [6.07, 6.45) is 0. The molecule has 0 radical (unpaired) electrons. The molecule has 4 nitrogen and oxygen atoms in total. The minimum atomic E-state index is -0.900. The number of rotatable bonds is 3. The van der Waals surface area contributed by atoms with E-state index < -0.39 is 5.60 Å². The number of nitrogens with one attached hydrogen (secondary N) is 1. The molecule has 1 amide bonds. The monoisotopic (exact) mass is 208 g/mol. The summed E-state index contributed by atoms with van der Waals surface area (Å²) in [5, 5.41) is 2.54. The summed E-state index contributed by atoms with van der Waals surface area (Å²) in [5.74, 6) is 0.411. The number of likely N-dealkylation sites (N-methyl/N-ethyl adjacent to an activating group) is 1. The molecule has 15 heavy (non-hydrogen) atoms. The van der Waals surface area contributed by atoms with E-state index in [1.807, 2.05) is 0 Å². The summed E-state index contributed by atoms with van der Waals surface area (Å²) in [5.41, 5.74) is 5.32. The van der Waals surface area contributed by atoms with Crippen LogP contribution in [0.15, 0.2) is 24.3 Å². The van der Waals surface area contributed by atoms with E-state index in [0.29, 0.717) is 11.4 Å². The van der Waals surface area contributed by atoms with Crippen molar-refractivity contribution in [3.63, 3.8) is 0 Å². The Kier molecular flexibility index (Phi) is 3.19. The van der Waals surface area contributed by atoms with Crippen LogP contribution in [0.25, 0.3) is 0 Å². The van der Waals surface area contributed by atoms with Gasteiger partial charge in [-0.05, 0) is 26.0 Å². The van der Waals surface area contributed by atoms with Gasteiger partial charge in [0.05, 0.1) is 0 Å². The minimum absolute atomic E-state index is 0.176. The van der Waals surface area contributed by atoms with Gasteiger partial charge in [-0.1, -0.05) is 6.07 Å². The van der Waals surface area contributed by atoms with Crippen LogP contribution in [0.2, 0.25) is 0 Å². The van der Waals surface area contributed by atoms with E-state index in [-0.39, 0.29) is 5.91 Å². The van der Waals surface area contributed by atoms with Gasteiger partial charge < -0.3 is 15.8 Å². The third kappa shape index (κ3) is 2.87. The number of hydrogen-bond acceptors (Lipinski definition) is 3. The summed E-state index contributed by atoms with van der Waals surface area (Å²) < 4.78 is 5.54. The predicted molar refractivity (Wildman–Crippen MR) is 59.6 cm³/mol. The van der Waals surface area contributed by atoms with Crippen LogP contribution in [0.1, 0.15) is 13.8 Å². The SMILES string of the molecule is CNC(=O)C(C)(C)Oc1cccc(N)c1. The van der Waals surface area contributed by atoms with Gasteiger partial charge >= 0.3 is 0 Å². The zero-order valence-corrected chi connectivity index (χ0v) is 9.20.